The van der Waals surface area contributed by atoms with Gasteiger partial charge in [0.15, 0.2) is 6.61 Å². The molecule has 0 aliphatic rings. The summed E-state index contributed by atoms with van der Waals surface area (Å²) in [5.74, 6) is 2.47. The zero-order valence-electron chi connectivity index (χ0n) is 15.8. The van der Waals surface area contributed by atoms with Crippen LogP contribution in [0, 0.1) is 5.92 Å². The fourth-order valence-corrected chi connectivity index (χ4v) is 2.64. The summed E-state index contributed by atoms with van der Waals surface area (Å²) in [5.41, 5.74) is 1.05. The molecule has 2 rings (SSSR count). The van der Waals surface area contributed by atoms with Crippen LogP contribution in [0.5, 0.6) is 17.2 Å². The van der Waals surface area contributed by atoms with Crippen molar-refractivity contribution in [2.45, 2.75) is 26.3 Å². The third-order valence-corrected chi connectivity index (χ3v) is 3.99. The Labute approximate surface area is 155 Å². The van der Waals surface area contributed by atoms with E-state index in [1.54, 1.807) is 38.5 Å². The van der Waals surface area contributed by atoms with Gasteiger partial charge in [-0.25, -0.2) is 0 Å². The number of amides is 1. The van der Waals surface area contributed by atoms with Crippen LogP contribution in [0.3, 0.4) is 0 Å². The van der Waals surface area contributed by atoms with Crippen molar-refractivity contribution in [3.8, 4) is 17.2 Å². The number of hydrogen-bond acceptors (Lipinski definition) is 4. The van der Waals surface area contributed by atoms with Gasteiger partial charge in [-0.3, -0.25) is 4.79 Å². The summed E-state index contributed by atoms with van der Waals surface area (Å²) in [4.78, 5) is 12.3. The van der Waals surface area contributed by atoms with Gasteiger partial charge in [-0.1, -0.05) is 26.0 Å². The van der Waals surface area contributed by atoms with Gasteiger partial charge in [0, 0.05) is 0 Å². The predicted octanol–water partition coefficient (Wildman–Crippen LogP) is 3.99. The van der Waals surface area contributed by atoms with E-state index in [4.69, 9.17) is 14.2 Å². The molecule has 0 fully saturated rings. The van der Waals surface area contributed by atoms with Crippen LogP contribution in [0.4, 0.5) is 0 Å². The number of rotatable bonds is 9. The largest absolute Gasteiger partial charge is 0.497 e. The molecule has 1 atom stereocenters. The van der Waals surface area contributed by atoms with Gasteiger partial charge >= 0.3 is 0 Å². The molecule has 26 heavy (non-hydrogen) atoms. The molecule has 1 amide bonds. The SMILES string of the molecule is COc1ccc(OCC(=O)N[C@H](CC(C)C)c2ccc(OC)cc2)cc1. The molecule has 0 saturated carbocycles. The Kier molecular flexibility index (Phi) is 7.33. The van der Waals surface area contributed by atoms with Gasteiger partial charge in [0.1, 0.15) is 17.2 Å². The van der Waals surface area contributed by atoms with E-state index < -0.39 is 0 Å². The van der Waals surface area contributed by atoms with E-state index in [2.05, 4.69) is 19.2 Å². The average Bonchev–Trinajstić information content (AvgIpc) is 2.66. The van der Waals surface area contributed by atoms with Crippen LogP contribution in [0.25, 0.3) is 0 Å². The summed E-state index contributed by atoms with van der Waals surface area (Å²) in [7, 11) is 3.25. The molecule has 0 radical (unpaired) electrons. The van der Waals surface area contributed by atoms with E-state index in [9.17, 15) is 4.79 Å². The van der Waals surface area contributed by atoms with Crippen LogP contribution in [0.15, 0.2) is 48.5 Å². The molecule has 2 aromatic carbocycles. The maximum atomic E-state index is 12.3. The quantitative estimate of drug-likeness (QED) is 0.737. The number of carbonyl (C=O) groups is 1. The molecule has 0 aliphatic heterocycles. The number of nitrogens with one attached hydrogen (secondary N) is 1. The van der Waals surface area contributed by atoms with Crippen molar-refractivity contribution in [3.05, 3.63) is 54.1 Å². The maximum absolute atomic E-state index is 12.3. The number of hydrogen-bond donors (Lipinski definition) is 1. The lowest BCUT2D eigenvalue weighted by Crippen LogP contribution is -2.33. The molecule has 0 bridgehead atoms. The molecule has 5 nitrogen and oxygen atoms in total. The molecule has 0 heterocycles. The Morgan fingerprint density at radius 2 is 1.38 bits per heavy atom. The van der Waals surface area contributed by atoms with Crippen LogP contribution < -0.4 is 19.5 Å². The van der Waals surface area contributed by atoms with Crippen molar-refractivity contribution < 1.29 is 19.0 Å². The van der Waals surface area contributed by atoms with E-state index in [1.807, 2.05) is 24.3 Å². The van der Waals surface area contributed by atoms with Crippen molar-refractivity contribution in [3.63, 3.8) is 0 Å². The lowest BCUT2D eigenvalue weighted by molar-refractivity contribution is -0.124. The third kappa shape index (κ3) is 5.99. The van der Waals surface area contributed by atoms with Crippen LogP contribution in [0.1, 0.15) is 31.9 Å². The zero-order valence-corrected chi connectivity index (χ0v) is 15.8. The molecular formula is C21H27NO4. The standard InChI is InChI=1S/C21H27NO4/c1-15(2)13-20(16-5-7-17(24-3)8-6-16)22-21(23)14-26-19-11-9-18(25-4)10-12-19/h5-12,15,20H,13-14H2,1-4H3,(H,22,23)/t20-/m1/s1. The average molecular weight is 357 g/mol. The van der Waals surface area contributed by atoms with Crippen molar-refractivity contribution in [2.24, 2.45) is 5.92 Å². The smallest absolute Gasteiger partial charge is 0.258 e. The van der Waals surface area contributed by atoms with Gasteiger partial charge in [0.05, 0.1) is 20.3 Å². The van der Waals surface area contributed by atoms with Gasteiger partial charge < -0.3 is 19.5 Å². The molecule has 0 aliphatic carbocycles. The Morgan fingerprint density at radius 1 is 0.885 bits per heavy atom. The summed E-state index contributed by atoms with van der Waals surface area (Å²) in [6.07, 6.45) is 0.848. The molecule has 140 valence electrons. The maximum Gasteiger partial charge on any atom is 0.258 e. The third-order valence-electron chi connectivity index (χ3n) is 3.99. The van der Waals surface area contributed by atoms with Gasteiger partial charge in [-0.05, 0) is 54.3 Å². The molecular weight excluding hydrogens is 330 g/mol. The minimum atomic E-state index is -0.151. The molecule has 0 aromatic heterocycles. The molecule has 0 saturated heterocycles. The Balaban J connectivity index is 1.96. The van der Waals surface area contributed by atoms with E-state index >= 15 is 0 Å². The topological polar surface area (TPSA) is 56.8 Å². The monoisotopic (exact) mass is 357 g/mol. The Hall–Kier alpha value is -2.69. The first-order valence-electron chi connectivity index (χ1n) is 8.72. The van der Waals surface area contributed by atoms with Crippen LogP contribution in [-0.4, -0.2) is 26.7 Å². The van der Waals surface area contributed by atoms with Crippen molar-refractivity contribution in [2.75, 3.05) is 20.8 Å². The highest BCUT2D eigenvalue weighted by Crippen LogP contribution is 2.23. The van der Waals surface area contributed by atoms with Crippen LogP contribution in [0.2, 0.25) is 0 Å². The highest BCUT2D eigenvalue weighted by molar-refractivity contribution is 5.78. The lowest BCUT2D eigenvalue weighted by Gasteiger charge is -2.21. The van der Waals surface area contributed by atoms with Gasteiger partial charge in [0.2, 0.25) is 0 Å². The second kappa shape index (κ2) is 9.70. The normalized spacial score (nSPS) is 11.7. The van der Waals surface area contributed by atoms with Gasteiger partial charge in [-0.2, -0.15) is 0 Å². The van der Waals surface area contributed by atoms with E-state index in [0.717, 1.165) is 23.5 Å². The Bertz CT molecular complexity index is 680. The Morgan fingerprint density at radius 3 is 1.88 bits per heavy atom. The van der Waals surface area contributed by atoms with E-state index in [-0.39, 0.29) is 18.6 Å². The first-order chi connectivity index (χ1) is 12.5. The van der Waals surface area contributed by atoms with Crippen LogP contribution >= 0.6 is 0 Å². The molecule has 5 heteroatoms. The highest BCUT2D eigenvalue weighted by atomic mass is 16.5. The van der Waals surface area contributed by atoms with Crippen molar-refractivity contribution >= 4 is 5.91 Å². The molecule has 0 unspecified atom stereocenters. The number of methoxy groups -OCH3 is 2. The first kappa shape index (κ1) is 19.6. The highest BCUT2D eigenvalue weighted by Gasteiger charge is 2.16. The first-order valence-corrected chi connectivity index (χ1v) is 8.72. The van der Waals surface area contributed by atoms with Gasteiger partial charge in [0.25, 0.3) is 5.91 Å². The van der Waals surface area contributed by atoms with Crippen molar-refractivity contribution in [1.29, 1.82) is 0 Å². The second-order valence-electron chi connectivity index (χ2n) is 6.49. The number of carbonyl (C=O) groups excluding carboxylic acids is 1. The summed E-state index contributed by atoms with van der Waals surface area (Å²) >= 11 is 0. The summed E-state index contributed by atoms with van der Waals surface area (Å²) < 4.78 is 15.9. The van der Waals surface area contributed by atoms with E-state index in [1.165, 1.54) is 0 Å². The summed E-state index contributed by atoms with van der Waals surface area (Å²) in [6, 6.07) is 14.9. The number of benzene rings is 2. The fourth-order valence-electron chi connectivity index (χ4n) is 2.64. The van der Waals surface area contributed by atoms with Crippen LogP contribution in [-0.2, 0) is 4.79 Å². The number of ether oxygens (including phenoxy) is 3. The molecule has 2 aromatic rings. The summed E-state index contributed by atoms with van der Waals surface area (Å²) in [5, 5.41) is 3.07. The van der Waals surface area contributed by atoms with E-state index in [0.29, 0.717) is 11.7 Å². The van der Waals surface area contributed by atoms with Gasteiger partial charge in [-0.15, -0.1) is 0 Å². The minimum absolute atomic E-state index is 0.0307. The zero-order chi connectivity index (χ0) is 18.9. The minimum Gasteiger partial charge on any atom is -0.497 e. The lowest BCUT2D eigenvalue weighted by atomic mass is 9.97. The summed E-state index contributed by atoms with van der Waals surface area (Å²) in [6.45, 7) is 4.24. The molecule has 0 spiro atoms. The predicted molar refractivity (Wildman–Crippen MR) is 102 cm³/mol. The second-order valence-corrected chi connectivity index (χ2v) is 6.49. The fraction of sp³-hybridized carbons (Fsp3) is 0.381. The molecule has 1 N–H and O–H groups in total. The van der Waals surface area contributed by atoms with Crippen molar-refractivity contribution in [1.82, 2.24) is 5.32 Å².